The highest BCUT2D eigenvalue weighted by Gasteiger charge is 2.28. The van der Waals surface area contributed by atoms with Crippen molar-refractivity contribution < 1.29 is 4.79 Å². The average Bonchev–Trinajstić information content (AvgIpc) is 2.45. The Balaban J connectivity index is 3.17. The minimum atomic E-state index is -0.121. The van der Waals surface area contributed by atoms with Crippen molar-refractivity contribution in [2.45, 2.75) is 46.0 Å². The highest BCUT2D eigenvalue weighted by molar-refractivity contribution is 5.53. The van der Waals surface area contributed by atoms with Gasteiger partial charge in [-0.3, -0.25) is 0 Å². The number of rotatable bonds is 6. The first-order valence-electron chi connectivity index (χ1n) is 7.00. The van der Waals surface area contributed by atoms with Gasteiger partial charge in [-0.25, -0.2) is 0 Å². The molecule has 2 atom stereocenters. The van der Waals surface area contributed by atoms with Gasteiger partial charge in [-0.2, -0.15) is 5.26 Å². The number of carbonyl (C=O) groups is 1. The molecule has 106 valence electrons. The molecule has 0 amide bonds. The number of allylic oxidation sites excluding steroid dienone is 2. The molecule has 1 rings (SSSR count). The van der Waals surface area contributed by atoms with Gasteiger partial charge in [-0.1, -0.05) is 37.6 Å². The summed E-state index contributed by atoms with van der Waals surface area (Å²) in [4.78, 5) is 11.0. The van der Waals surface area contributed by atoms with E-state index in [1.165, 1.54) is 5.57 Å². The number of nitriles is 1. The van der Waals surface area contributed by atoms with Crippen molar-refractivity contribution in [2.75, 3.05) is 0 Å². The van der Waals surface area contributed by atoms with E-state index in [9.17, 15) is 4.79 Å². The minimum absolute atomic E-state index is 0.0105. The monoisotopic (exact) mass is 269 g/mol. The van der Waals surface area contributed by atoms with Gasteiger partial charge in [0.15, 0.2) is 0 Å². The molecule has 2 nitrogen and oxygen atoms in total. The Hall–Kier alpha value is -1.88. The second-order valence-electron chi connectivity index (χ2n) is 6.06. The number of benzene rings is 1. The van der Waals surface area contributed by atoms with Gasteiger partial charge in [0, 0.05) is 5.92 Å². The van der Waals surface area contributed by atoms with Crippen molar-refractivity contribution in [3.63, 3.8) is 0 Å². The van der Waals surface area contributed by atoms with Crippen molar-refractivity contribution in [2.24, 2.45) is 5.92 Å². The van der Waals surface area contributed by atoms with E-state index in [1.54, 1.807) is 0 Å². The molecular weight excluding hydrogens is 246 g/mol. The van der Waals surface area contributed by atoms with E-state index < -0.39 is 0 Å². The van der Waals surface area contributed by atoms with Gasteiger partial charge >= 0.3 is 0 Å². The molecule has 2 heteroatoms. The van der Waals surface area contributed by atoms with Gasteiger partial charge in [0.25, 0.3) is 0 Å². The normalized spacial score (nSPS) is 14.8. The fourth-order valence-corrected chi connectivity index (χ4v) is 2.47. The van der Waals surface area contributed by atoms with E-state index in [0.29, 0.717) is 5.56 Å². The zero-order valence-electron chi connectivity index (χ0n) is 12.8. The van der Waals surface area contributed by atoms with Crippen molar-refractivity contribution in [1.82, 2.24) is 0 Å². The molecule has 0 radical (unpaired) electrons. The first-order valence-corrected chi connectivity index (χ1v) is 7.00. The summed E-state index contributed by atoms with van der Waals surface area (Å²) in [5.74, 6) is 0.0105. The summed E-state index contributed by atoms with van der Waals surface area (Å²) >= 11 is 0. The number of hydrogen-bond acceptors (Lipinski definition) is 2. The molecule has 0 aliphatic rings. The predicted molar refractivity (Wildman–Crippen MR) is 82.4 cm³/mol. The van der Waals surface area contributed by atoms with E-state index in [0.717, 1.165) is 24.7 Å². The van der Waals surface area contributed by atoms with E-state index in [4.69, 9.17) is 5.26 Å². The Morgan fingerprint density at radius 3 is 2.70 bits per heavy atom. The summed E-state index contributed by atoms with van der Waals surface area (Å²) in [6.45, 7) is 8.27. The van der Waals surface area contributed by atoms with Crippen LogP contribution in [0.4, 0.5) is 0 Å². The lowest BCUT2D eigenvalue weighted by Gasteiger charge is -2.31. The van der Waals surface area contributed by atoms with E-state index in [2.05, 4.69) is 39.0 Å². The molecule has 0 aliphatic heterocycles. The molecule has 0 saturated heterocycles. The third-order valence-corrected chi connectivity index (χ3v) is 3.65. The molecule has 2 unspecified atom stereocenters. The Labute approximate surface area is 122 Å². The third-order valence-electron chi connectivity index (χ3n) is 3.65. The maximum absolute atomic E-state index is 11.0. The molecule has 20 heavy (non-hydrogen) atoms. The average molecular weight is 269 g/mol. The molecule has 0 N–H and O–H groups in total. The van der Waals surface area contributed by atoms with E-state index in [-0.39, 0.29) is 11.3 Å². The lowest BCUT2D eigenvalue weighted by atomic mass is 9.73. The molecular formula is C18H23NO. The summed E-state index contributed by atoms with van der Waals surface area (Å²) in [5, 5.41) is 9.06. The van der Waals surface area contributed by atoms with Crippen molar-refractivity contribution in [3.8, 4) is 6.07 Å². The van der Waals surface area contributed by atoms with Crippen LogP contribution in [-0.4, -0.2) is 6.29 Å². The minimum Gasteiger partial charge on any atom is -0.303 e. The SMILES string of the molecule is CC(C)=CCC(C)(CC(C)C=O)c1cccc(C#N)c1. The number of aldehydes is 1. The second kappa shape index (κ2) is 7.05. The van der Waals surface area contributed by atoms with Crippen LogP contribution in [0.15, 0.2) is 35.9 Å². The van der Waals surface area contributed by atoms with Crippen LogP contribution in [-0.2, 0) is 10.2 Å². The van der Waals surface area contributed by atoms with Gasteiger partial charge in [0.2, 0.25) is 0 Å². The predicted octanol–water partition coefficient (Wildman–Crippen LogP) is 4.40. The Kier molecular flexibility index (Phi) is 5.70. The van der Waals surface area contributed by atoms with Gasteiger partial charge in [0.1, 0.15) is 6.29 Å². The summed E-state index contributed by atoms with van der Waals surface area (Å²) in [6, 6.07) is 9.91. The third kappa shape index (κ3) is 4.35. The van der Waals surface area contributed by atoms with Crippen LogP contribution < -0.4 is 0 Å². The van der Waals surface area contributed by atoms with E-state index >= 15 is 0 Å². The molecule has 1 aromatic rings. The van der Waals surface area contributed by atoms with Crippen LogP contribution in [0.25, 0.3) is 0 Å². The summed E-state index contributed by atoms with van der Waals surface area (Å²) in [5.41, 5.74) is 2.95. The number of carbonyl (C=O) groups excluding carboxylic acids is 1. The van der Waals surface area contributed by atoms with Gasteiger partial charge in [0.05, 0.1) is 11.6 Å². The highest BCUT2D eigenvalue weighted by atomic mass is 16.1. The van der Waals surface area contributed by atoms with Crippen molar-refractivity contribution in [3.05, 3.63) is 47.0 Å². The van der Waals surface area contributed by atoms with Crippen LogP contribution in [0.2, 0.25) is 0 Å². The first-order chi connectivity index (χ1) is 9.41. The highest BCUT2D eigenvalue weighted by Crippen LogP contribution is 2.35. The maximum Gasteiger partial charge on any atom is 0.122 e. The standard InChI is InChI=1S/C18H23NO/c1-14(2)8-9-18(4,11-15(3)13-20)17-7-5-6-16(10-17)12-19/h5-8,10,13,15H,9,11H2,1-4H3. The molecule has 0 fully saturated rings. The summed E-state index contributed by atoms with van der Waals surface area (Å²) in [7, 11) is 0. The fraction of sp³-hybridized carbons (Fsp3) is 0.444. The quantitative estimate of drug-likeness (QED) is 0.567. The topological polar surface area (TPSA) is 40.9 Å². The van der Waals surface area contributed by atoms with Crippen LogP contribution in [0.5, 0.6) is 0 Å². The Bertz CT molecular complexity index is 535. The fourth-order valence-electron chi connectivity index (χ4n) is 2.47. The lowest BCUT2D eigenvalue weighted by molar-refractivity contribution is -0.111. The zero-order chi connectivity index (χ0) is 15.2. The van der Waals surface area contributed by atoms with Gasteiger partial charge < -0.3 is 4.79 Å². The lowest BCUT2D eigenvalue weighted by Crippen LogP contribution is -2.25. The van der Waals surface area contributed by atoms with Crippen LogP contribution in [0.3, 0.4) is 0 Å². The second-order valence-corrected chi connectivity index (χ2v) is 6.06. The molecule has 0 bridgehead atoms. The maximum atomic E-state index is 11.0. The molecule has 0 aliphatic carbocycles. The van der Waals surface area contributed by atoms with Crippen LogP contribution >= 0.6 is 0 Å². The van der Waals surface area contributed by atoms with E-state index in [1.807, 2.05) is 25.1 Å². The smallest absolute Gasteiger partial charge is 0.122 e. The Morgan fingerprint density at radius 2 is 2.15 bits per heavy atom. The summed E-state index contributed by atoms with van der Waals surface area (Å²) in [6.07, 6.45) is 4.88. The Morgan fingerprint density at radius 1 is 1.45 bits per heavy atom. The number of hydrogen-bond donors (Lipinski definition) is 0. The molecule has 0 spiro atoms. The van der Waals surface area contributed by atoms with Crippen molar-refractivity contribution >= 4 is 6.29 Å². The molecule has 0 aromatic heterocycles. The number of nitrogens with zero attached hydrogens (tertiary/aromatic N) is 1. The van der Waals surface area contributed by atoms with Gasteiger partial charge in [-0.05, 0) is 49.8 Å². The van der Waals surface area contributed by atoms with Crippen LogP contribution in [0, 0.1) is 17.2 Å². The van der Waals surface area contributed by atoms with Crippen LogP contribution in [0.1, 0.15) is 51.7 Å². The van der Waals surface area contributed by atoms with Crippen molar-refractivity contribution in [1.29, 1.82) is 5.26 Å². The molecule has 0 heterocycles. The summed E-state index contributed by atoms with van der Waals surface area (Å²) < 4.78 is 0. The largest absolute Gasteiger partial charge is 0.303 e. The molecule has 0 saturated carbocycles. The first kappa shape index (κ1) is 16.2. The molecule has 1 aromatic carbocycles. The van der Waals surface area contributed by atoms with Gasteiger partial charge in [-0.15, -0.1) is 0 Å². The zero-order valence-corrected chi connectivity index (χ0v) is 12.8.